The molecule has 1 fully saturated rings. The van der Waals surface area contributed by atoms with E-state index in [4.69, 9.17) is 20.9 Å². The minimum atomic E-state index is -1.06. The van der Waals surface area contributed by atoms with E-state index in [0.717, 1.165) is 0 Å². The number of morpholine rings is 1. The lowest BCUT2D eigenvalue weighted by Gasteiger charge is -2.34. The molecular weight excluding hydrogens is 475 g/mol. The molecule has 9 nitrogen and oxygen atoms in total. The van der Waals surface area contributed by atoms with E-state index in [2.05, 4.69) is 16.2 Å². The third kappa shape index (κ3) is 5.24. The molecule has 1 aromatic heterocycles. The van der Waals surface area contributed by atoms with Crippen LogP contribution in [-0.4, -0.2) is 71.7 Å². The zero-order valence-electron chi connectivity index (χ0n) is 18.9. The number of aliphatic carboxylic acids is 1. The molecule has 2 atom stereocenters. The normalized spacial score (nSPS) is 20.5. The molecule has 1 saturated heterocycles. The number of thiazole rings is 1. The second-order valence-corrected chi connectivity index (χ2v) is 8.63. The summed E-state index contributed by atoms with van der Waals surface area (Å²) in [5.41, 5.74) is 0.966. The molecule has 0 aliphatic carbocycles. The lowest BCUT2D eigenvalue weighted by molar-refractivity contribution is -0.155. The predicted octanol–water partition coefficient (Wildman–Crippen LogP) is 1.96. The van der Waals surface area contributed by atoms with Crippen molar-refractivity contribution in [2.75, 3.05) is 32.8 Å². The monoisotopic (exact) mass is 498 g/mol. The highest BCUT2D eigenvalue weighted by Gasteiger charge is 2.36. The number of halogens is 1. The molecule has 2 N–H and O–H groups in total. The van der Waals surface area contributed by atoms with E-state index in [1.807, 2.05) is 4.90 Å². The van der Waals surface area contributed by atoms with Crippen molar-refractivity contribution >= 4 is 29.1 Å². The lowest BCUT2D eigenvalue weighted by Crippen LogP contribution is -2.48. The number of nitrogens with one attached hydrogen (secondary N) is 1. The zero-order chi connectivity index (χ0) is 24.9. The number of nitrogens with zero attached hydrogens (tertiary/aromatic N) is 3. The van der Waals surface area contributed by atoms with Gasteiger partial charge in [0, 0.05) is 36.9 Å². The predicted molar refractivity (Wildman–Crippen MR) is 126 cm³/mol. The van der Waals surface area contributed by atoms with Gasteiger partial charge in [-0.2, -0.15) is 0 Å². The number of aliphatic imine (C=N–C) groups is 1. The lowest BCUT2D eigenvalue weighted by atomic mass is 9.91. The summed E-state index contributed by atoms with van der Waals surface area (Å²) in [5.74, 6) is 0.474. The summed E-state index contributed by atoms with van der Waals surface area (Å²) in [7, 11) is 0. The molecule has 2 aliphatic heterocycles. The van der Waals surface area contributed by atoms with Crippen molar-refractivity contribution in [3.8, 4) is 12.3 Å². The van der Waals surface area contributed by atoms with E-state index >= 15 is 0 Å². The summed E-state index contributed by atoms with van der Waals surface area (Å²) in [6.07, 6.45) is 6.26. The fraction of sp³-hybridized carbons (Fsp3) is 0.333. The number of benzene rings is 1. The average molecular weight is 499 g/mol. The fourth-order valence-electron chi connectivity index (χ4n) is 3.98. The van der Waals surface area contributed by atoms with Crippen LogP contribution in [0.4, 0.5) is 4.39 Å². The number of rotatable bonds is 7. The number of hydrogen-bond donors (Lipinski definition) is 2. The number of esters is 1. The summed E-state index contributed by atoms with van der Waals surface area (Å²) in [6.45, 7) is 2.79. The molecule has 2 aliphatic rings. The Kier molecular flexibility index (Phi) is 7.55. The van der Waals surface area contributed by atoms with Gasteiger partial charge in [0.25, 0.3) is 0 Å². The first-order valence-electron chi connectivity index (χ1n) is 10.9. The second kappa shape index (κ2) is 10.8. The number of carbonyl (C=O) groups excluding carboxylic acids is 1. The van der Waals surface area contributed by atoms with Crippen molar-refractivity contribution < 1.29 is 28.6 Å². The Hall–Kier alpha value is -3.59. The molecule has 0 bridgehead atoms. The average Bonchev–Trinajstić information content (AvgIpc) is 3.39. The summed E-state index contributed by atoms with van der Waals surface area (Å²) in [4.78, 5) is 35.5. The number of hydrogen-bond acceptors (Lipinski definition) is 9. The summed E-state index contributed by atoms with van der Waals surface area (Å²) >= 11 is 1.34. The van der Waals surface area contributed by atoms with Crippen molar-refractivity contribution in [1.82, 2.24) is 15.2 Å². The van der Waals surface area contributed by atoms with E-state index in [1.54, 1.807) is 24.6 Å². The van der Waals surface area contributed by atoms with E-state index < -0.39 is 29.9 Å². The van der Waals surface area contributed by atoms with Crippen molar-refractivity contribution in [2.45, 2.75) is 19.1 Å². The van der Waals surface area contributed by atoms with Crippen LogP contribution < -0.4 is 5.32 Å². The molecular formula is C24H23FN4O5S. The van der Waals surface area contributed by atoms with Crippen LogP contribution in [0.3, 0.4) is 0 Å². The maximum Gasteiger partial charge on any atom is 0.338 e. The van der Waals surface area contributed by atoms with Gasteiger partial charge in [-0.05, 0) is 18.6 Å². The Bertz CT molecular complexity index is 1220. The first-order valence-corrected chi connectivity index (χ1v) is 11.8. The second-order valence-electron chi connectivity index (χ2n) is 7.74. The first-order chi connectivity index (χ1) is 16.9. The topological polar surface area (TPSA) is 113 Å². The third-order valence-corrected chi connectivity index (χ3v) is 6.33. The summed E-state index contributed by atoms with van der Waals surface area (Å²) in [5, 5.41) is 14.9. The van der Waals surface area contributed by atoms with Crippen LogP contribution in [0.5, 0.6) is 0 Å². The molecule has 182 valence electrons. The van der Waals surface area contributed by atoms with E-state index in [1.165, 1.54) is 23.5 Å². The summed E-state index contributed by atoms with van der Waals surface area (Å²) in [6, 6.07) is 3.43. The molecule has 4 rings (SSSR count). The molecule has 0 spiro atoms. The van der Waals surface area contributed by atoms with Gasteiger partial charge in [-0.3, -0.25) is 9.89 Å². The van der Waals surface area contributed by atoms with Crippen molar-refractivity contribution in [1.29, 1.82) is 0 Å². The van der Waals surface area contributed by atoms with Crippen LogP contribution in [0.25, 0.3) is 0 Å². The number of terminal acetylenes is 1. The minimum absolute atomic E-state index is 0.0000935. The van der Waals surface area contributed by atoms with Crippen molar-refractivity contribution in [3.63, 3.8) is 0 Å². The van der Waals surface area contributed by atoms with Gasteiger partial charge in [-0.1, -0.05) is 18.1 Å². The van der Waals surface area contributed by atoms with Crippen LogP contribution in [0.2, 0.25) is 0 Å². The van der Waals surface area contributed by atoms with Crippen LogP contribution >= 0.6 is 11.3 Å². The molecule has 1 aromatic carbocycles. The number of carboxylic acid groups (broad SMARTS) is 1. The standard InChI is InChI=1S/C24H23FN4O5S/c1-3-14-15(6-5-7-16(14)25)20-19(24(32)33-4-2)17(27-21(28-20)22-26-8-11-35-22)12-29-9-10-34-18(13-29)23(30)31/h1,5-8,11,18,20H,4,9-10,12-13H2,2H3,(H,27,28)(H,30,31)/t18-,20-/m0/s1. The molecule has 0 unspecified atom stereocenters. The van der Waals surface area contributed by atoms with Gasteiger partial charge in [0.15, 0.2) is 16.9 Å². The molecule has 11 heteroatoms. The molecule has 3 heterocycles. The SMILES string of the molecule is C#Cc1c(F)cccc1[C@@H]1N=C(c2nccs2)NC(CN2CCO[C@H](C(=O)O)C2)=C1C(=O)OCC. The maximum absolute atomic E-state index is 14.6. The third-order valence-electron chi connectivity index (χ3n) is 5.55. The van der Waals surface area contributed by atoms with Gasteiger partial charge in [0.05, 0.1) is 24.4 Å². The molecule has 0 amide bonds. The Labute approximate surface area is 205 Å². The number of amidine groups is 1. The Morgan fingerprint density at radius 3 is 2.97 bits per heavy atom. The number of carboxylic acids is 1. The highest BCUT2D eigenvalue weighted by atomic mass is 32.1. The van der Waals surface area contributed by atoms with E-state index in [9.17, 15) is 19.1 Å². The van der Waals surface area contributed by atoms with Crippen LogP contribution in [0.15, 0.2) is 46.0 Å². The number of carbonyl (C=O) groups is 2. The van der Waals surface area contributed by atoms with E-state index in [-0.39, 0.29) is 37.4 Å². The number of aromatic nitrogens is 1. The van der Waals surface area contributed by atoms with Gasteiger partial charge in [0.2, 0.25) is 0 Å². The van der Waals surface area contributed by atoms with Gasteiger partial charge in [-0.25, -0.2) is 19.0 Å². The van der Waals surface area contributed by atoms with Crippen molar-refractivity contribution in [3.05, 3.63) is 63.0 Å². The number of ether oxygens (including phenoxy) is 2. The molecule has 0 radical (unpaired) electrons. The van der Waals surface area contributed by atoms with Gasteiger partial charge < -0.3 is 19.9 Å². The highest BCUT2D eigenvalue weighted by molar-refractivity contribution is 7.11. The quantitative estimate of drug-likeness (QED) is 0.440. The molecule has 0 saturated carbocycles. The summed E-state index contributed by atoms with van der Waals surface area (Å²) < 4.78 is 25.3. The molecule has 2 aromatic rings. The largest absolute Gasteiger partial charge is 0.479 e. The van der Waals surface area contributed by atoms with E-state index in [0.29, 0.717) is 28.6 Å². The Balaban J connectivity index is 1.83. The highest BCUT2D eigenvalue weighted by Crippen LogP contribution is 2.35. The smallest absolute Gasteiger partial charge is 0.338 e. The van der Waals surface area contributed by atoms with Crippen LogP contribution in [-0.2, 0) is 19.1 Å². The van der Waals surface area contributed by atoms with Gasteiger partial charge >= 0.3 is 11.9 Å². The maximum atomic E-state index is 14.6. The van der Waals surface area contributed by atoms with Crippen molar-refractivity contribution in [2.24, 2.45) is 4.99 Å². The zero-order valence-corrected chi connectivity index (χ0v) is 19.7. The Morgan fingerprint density at radius 2 is 2.29 bits per heavy atom. The Morgan fingerprint density at radius 1 is 1.46 bits per heavy atom. The fourth-order valence-corrected chi connectivity index (χ4v) is 4.57. The first kappa shape index (κ1) is 24.5. The molecule has 35 heavy (non-hydrogen) atoms. The van der Waals surface area contributed by atoms with Gasteiger partial charge in [0.1, 0.15) is 11.9 Å². The van der Waals surface area contributed by atoms with Crippen LogP contribution in [0, 0.1) is 18.2 Å². The van der Waals surface area contributed by atoms with Gasteiger partial charge in [-0.15, -0.1) is 17.8 Å². The van der Waals surface area contributed by atoms with Crippen LogP contribution in [0.1, 0.15) is 29.1 Å². The minimum Gasteiger partial charge on any atom is -0.479 e.